The van der Waals surface area contributed by atoms with E-state index < -0.39 is 27.7 Å². The Labute approximate surface area is 169 Å². The minimum Gasteiger partial charge on any atom is -0.351 e. The number of benzene rings is 1. The third-order valence-electron chi connectivity index (χ3n) is 6.06. The van der Waals surface area contributed by atoms with Crippen LogP contribution < -0.4 is 5.32 Å². The molecule has 1 N–H and O–H groups in total. The van der Waals surface area contributed by atoms with Gasteiger partial charge in [0.2, 0.25) is 10.0 Å². The molecule has 0 unspecified atom stereocenters. The largest absolute Gasteiger partial charge is 0.417 e. The standard InChI is InChI=1S/C20H27F3N2O3S/c1-2-29(27,28)25-11-9-19(10-12-25,13-15-7-8-15)14-24-18(26)16-5-3-4-6-17(16)20(21,22)23/h3-6,15H,2,7-14H2,1H3,(H,24,26). The fourth-order valence-electron chi connectivity index (χ4n) is 4.10. The quantitative estimate of drug-likeness (QED) is 0.715. The monoisotopic (exact) mass is 432 g/mol. The van der Waals surface area contributed by atoms with Gasteiger partial charge in [-0.05, 0) is 49.7 Å². The molecular formula is C20H27F3N2O3S. The van der Waals surface area contributed by atoms with Crippen LogP contribution >= 0.6 is 0 Å². The van der Waals surface area contributed by atoms with Crippen molar-refractivity contribution in [2.24, 2.45) is 11.3 Å². The highest BCUT2D eigenvalue weighted by atomic mass is 32.2. The van der Waals surface area contributed by atoms with Crippen molar-refractivity contribution in [3.05, 3.63) is 35.4 Å². The second kappa shape index (κ2) is 8.26. The lowest BCUT2D eigenvalue weighted by molar-refractivity contribution is -0.137. The number of sulfonamides is 1. The third kappa shape index (κ3) is 5.31. The van der Waals surface area contributed by atoms with E-state index in [-0.39, 0.29) is 23.3 Å². The van der Waals surface area contributed by atoms with Crippen LogP contribution in [0.4, 0.5) is 13.2 Å². The van der Waals surface area contributed by atoms with Crippen LogP contribution in [0.1, 0.15) is 54.9 Å². The van der Waals surface area contributed by atoms with Crippen molar-refractivity contribution < 1.29 is 26.4 Å². The SMILES string of the molecule is CCS(=O)(=O)N1CCC(CNC(=O)c2ccccc2C(F)(F)F)(CC2CC2)CC1. The van der Waals surface area contributed by atoms with E-state index in [1.165, 1.54) is 22.5 Å². The van der Waals surface area contributed by atoms with Crippen molar-refractivity contribution in [1.82, 2.24) is 9.62 Å². The molecule has 2 aliphatic rings. The first-order valence-corrected chi connectivity index (χ1v) is 11.6. The minimum absolute atomic E-state index is 0.0492. The first kappa shape index (κ1) is 22.1. The normalized spacial score (nSPS) is 20.4. The Morgan fingerprint density at radius 1 is 1.21 bits per heavy atom. The predicted molar refractivity (Wildman–Crippen MR) is 104 cm³/mol. The van der Waals surface area contributed by atoms with E-state index in [9.17, 15) is 26.4 Å². The Morgan fingerprint density at radius 3 is 2.38 bits per heavy atom. The van der Waals surface area contributed by atoms with Crippen molar-refractivity contribution in [1.29, 1.82) is 0 Å². The molecule has 1 amide bonds. The highest BCUT2D eigenvalue weighted by Gasteiger charge is 2.42. The van der Waals surface area contributed by atoms with E-state index in [1.54, 1.807) is 6.92 Å². The van der Waals surface area contributed by atoms with Crippen molar-refractivity contribution >= 4 is 15.9 Å². The molecule has 1 saturated carbocycles. The zero-order valence-electron chi connectivity index (χ0n) is 16.5. The number of hydrogen-bond acceptors (Lipinski definition) is 3. The highest BCUT2D eigenvalue weighted by Crippen LogP contribution is 2.45. The van der Waals surface area contributed by atoms with Crippen LogP contribution in [-0.2, 0) is 16.2 Å². The number of hydrogen-bond donors (Lipinski definition) is 1. The van der Waals surface area contributed by atoms with Gasteiger partial charge in [0.25, 0.3) is 5.91 Å². The van der Waals surface area contributed by atoms with E-state index in [2.05, 4.69) is 5.32 Å². The lowest BCUT2D eigenvalue weighted by Gasteiger charge is -2.41. The molecule has 9 heteroatoms. The molecule has 0 aromatic heterocycles. The van der Waals surface area contributed by atoms with Crippen LogP contribution in [0, 0.1) is 11.3 Å². The van der Waals surface area contributed by atoms with E-state index in [0.717, 1.165) is 25.3 Å². The van der Waals surface area contributed by atoms with Gasteiger partial charge in [-0.15, -0.1) is 0 Å². The topological polar surface area (TPSA) is 66.5 Å². The van der Waals surface area contributed by atoms with Gasteiger partial charge in [-0.1, -0.05) is 25.0 Å². The number of halogens is 3. The van der Waals surface area contributed by atoms with Gasteiger partial charge in [0.15, 0.2) is 0 Å². The summed E-state index contributed by atoms with van der Waals surface area (Å²) in [6.45, 7) is 2.64. The predicted octanol–water partition coefficient (Wildman–Crippen LogP) is 3.67. The molecule has 3 rings (SSSR count). The Hall–Kier alpha value is -1.61. The Kier molecular flexibility index (Phi) is 6.29. The lowest BCUT2D eigenvalue weighted by atomic mass is 9.74. The van der Waals surface area contributed by atoms with E-state index in [1.807, 2.05) is 0 Å². The average Bonchev–Trinajstić information content (AvgIpc) is 3.49. The fourth-order valence-corrected chi connectivity index (χ4v) is 5.20. The summed E-state index contributed by atoms with van der Waals surface area (Å²) in [5, 5.41) is 2.72. The van der Waals surface area contributed by atoms with Crippen LogP contribution in [0.15, 0.2) is 24.3 Å². The smallest absolute Gasteiger partial charge is 0.351 e. The average molecular weight is 433 g/mol. The first-order chi connectivity index (χ1) is 13.6. The molecule has 1 aromatic carbocycles. The highest BCUT2D eigenvalue weighted by molar-refractivity contribution is 7.89. The van der Waals surface area contributed by atoms with E-state index in [0.29, 0.717) is 31.8 Å². The van der Waals surface area contributed by atoms with Gasteiger partial charge in [-0.25, -0.2) is 12.7 Å². The summed E-state index contributed by atoms with van der Waals surface area (Å²) in [6, 6.07) is 4.77. The van der Waals surface area contributed by atoms with Gasteiger partial charge in [-0.3, -0.25) is 4.79 Å². The minimum atomic E-state index is -4.60. The van der Waals surface area contributed by atoms with Gasteiger partial charge < -0.3 is 5.32 Å². The number of piperidine rings is 1. The van der Waals surface area contributed by atoms with Crippen LogP contribution in [0.3, 0.4) is 0 Å². The zero-order valence-corrected chi connectivity index (χ0v) is 17.3. The van der Waals surface area contributed by atoms with Gasteiger partial charge >= 0.3 is 6.18 Å². The van der Waals surface area contributed by atoms with E-state index >= 15 is 0 Å². The number of nitrogens with one attached hydrogen (secondary N) is 1. The van der Waals surface area contributed by atoms with Crippen LogP contribution in [0.25, 0.3) is 0 Å². The zero-order chi connectivity index (χ0) is 21.3. The fraction of sp³-hybridized carbons (Fsp3) is 0.650. The molecule has 1 heterocycles. The second-order valence-corrected chi connectivity index (χ2v) is 10.4. The summed E-state index contributed by atoms with van der Waals surface area (Å²) in [5.74, 6) is -0.131. The third-order valence-corrected chi connectivity index (χ3v) is 7.94. The molecule has 1 aliphatic carbocycles. The van der Waals surface area contributed by atoms with Crippen LogP contribution in [0.2, 0.25) is 0 Å². The van der Waals surface area contributed by atoms with Gasteiger partial charge in [0.1, 0.15) is 0 Å². The maximum Gasteiger partial charge on any atom is 0.417 e. The molecule has 29 heavy (non-hydrogen) atoms. The number of nitrogens with zero attached hydrogens (tertiary/aromatic N) is 1. The summed E-state index contributed by atoms with van der Waals surface area (Å²) in [6.07, 6.45) is -0.297. The molecule has 5 nitrogen and oxygen atoms in total. The van der Waals surface area contributed by atoms with Gasteiger partial charge in [-0.2, -0.15) is 13.2 Å². The number of alkyl halides is 3. The maximum absolute atomic E-state index is 13.2. The van der Waals surface area contributed by atoms with E-state index in [4.69, 9.17) is 0 Å². The Bertz CT molecular complexity index is 843. The Balaban J connectivity index is 1.70. The number of amides is 1. The lowest BCUT2D eigenvalue weighted by Crippen LogP contribution is -2.48. The molecule has 1 aliphatic heterocycles. The van der Waals surface area contributed by atoms with Crippen molar-refractivity contribution in [2.45, 2.75) is 45.2 Å². The molecule has 1 aromatic rings. The summed E-state index contributed by atoms with van der Waals surface area (Å²) < 4.78 is 65.4. The Morgan fingerprint density at radius 2 is 1.83 bits per heavy atom. The molecule has 1 saturated heterocycles. The molecule has 0 bridgehead atoms. The summed E-state index contributed by atoms with van der Waals surface area (Å²) in [7, 11) is -3.26. The summed E-state index contributed by atoms with van der Waals surface area (Å²) in [4.78, 5) is 12.6. The molecule has 0 spiro atoms. The van der Waals surface area contributed by atoms with Crippen LogP contribution in [0.5, 0.6) is 0 Å². The first-order valence-electron chi connectivity index (χ1n) is 9.99. The maximum atomic E-state index is 13.2. The number of carbonyl (C=O) groups is 1. The summed E-state index contributed by atoms with van der Waals surface area (Å²) >= 11 is 0. The van der Waals surface area contributed by atoms with Crippen molar-refractivity contribution in [2.75, 3.05) is 25.4 Å². The van der Waals surface area contributed by atoms with Crippen molar-refractivity contribution in [3.8, 4) is 0 Å². The molecule has 162 valence electrons. The molecular weight excluding hydrogens is 405 g/mol. The number of carbonyl (C=O) groups excluding carboxylic acids is 1. The molecule has 0 atom stereocenters. The van der Waals surface area contributed by atoms with Crippen LogP contribution in [-0.4, -0.2) is 44.0 Å². The second-order valence-electron chi connectivity index (χ2n) is 8.17. The van der Waals surface area contributed by atoms with Gasteiger partial charge in [0, 0.05) is 19.6 Å². The molecule has 0 radical (unpaired) electrons. The number of rotatable bonds is 7. The molecule has 2 fully saturated rings. The summed E-state index contributed by atoms with van der Waals surface area (Å²) in [5.41, 5.74) is -1.60. The van der Waals surface area contributed by atoms with Gasteiger partial charge in [0.05, 0.1) is 16.9 Å². The van der Waals surface area contributed by atoms with Crippen molar-refractivity contribution in [3.63, 3.8) is 0 Å².